The summed E-state index contributed by atoms with van der Waals surface area (Å²) in [5.41, 5.74) is 3.84. The van der Waals surface area contributed by atoms with Gasteiger partial charge in [0.1, 0.15) is 21.2 Å². The number of nitrogens with two attached hydrogens (primary N) is 1. The number of benzene rings is 4. The van der Waals surface area contributed by atoms with Crippen molar-refractivity contribution in [2.45, 2.75) is 33.4 Å². The third kappa shape index (κ3) is 7.06. The number of sulfone groups is 2. The highest BCUT2D eigenvalue weighted by Crippen LogP contribution is 2.48. The van der Waals surface area contributed by atoms with Crippen molar-refractivity contribution in [1.82, 2.24) is 0 Å². The van der Waals surface area contributed by atoms with E-state index in [0.29, 0.717) is 12.1 Å². The van der Waals surface area contributed by atoms with Crippen molar-refractivity contribution in [2.24, 2.45) is 20.5 Å². The number of nitrogen functional groups attached to an aromatic ring is 1. The average Bonchev–Trinajstić information content (AvgIpc) is 2.99. The van der Waals surface area contributed by atoms with E-state index >= 15 is 0 Å². The molecule has 20 heteroatoms. The molecule has 4 aromatic rings. The van der Waals surface area contributed by atoms with Crippen LogP contribution >= 0.6 is 0 Å². The number of fused-ring (bicyclic) bond motifs is 1. The molecule has 5 N–H and O–H groups in total. The molecule has 0 aliphatic rings. The number of nitrogens with zero attached hydrogens (tertiary/aromatic N) is 4. The first-order valence-electron chi connectivity index (χ1n) is 12.9. The Labute approximate surface area is 263 Å². The molecule has 0 heterocycles. The SMILES string of the molecule is CCS(=O)(=O)c1cccc(N=Nc2c(S(=O)(=O)O)cc3cc(S(=O)(=O)O)c(N=Nc4cccc(S(=O)(=O)CC)c4)c(O)c3c2N)c1. The zero-order valence-electron chi connectivity index (χ0n) is 23.8. The fourth-order valence-corrected chi connectivity index (χ4v) is 7.30. The van der Waals surface area contributed by atoms with Gasteiger partial charge in [-0.2, -0.15) is 27.1 Å². The normalized spacial score (nSPS) is 13.2. The van der Waals surface area contributed by atoms with E-state index in [1.807, 2.05) is 0 Å². The highest BCUT2D eigenvalue weighted by Gasteiger charge is 2.28. The monoisotopic (exact) mass is 711 g/mol. The molecule has 0 amide bonds. The van der Waals surface area contributed by atoms with Gasteiger partial charge in [-0.3, -0.25) is 9.11 Å². The summed E-state index contributed by atoms with van der Waals surface area (Å²) in [4.78, 5) is -2.22. The fourth-order valence-electron chi connectivity index (χ4n) is 4.13. The standard InChI is InChI=1S/C26H25N5O11S4/c1-3-43(33,34)18-9-5-7-16(13-18)28-30-24-20(45(37,38)39)11-15-12-21(46(40,41)42)25(26(32)22(15)23(24)27)31-29-17-8-6-10-19(14-17)44(35,36)4-2/h5-14,32H,3-4,27H2,1-2H3,(H,37,38,39)(H,40,41,42). The van der Waals surface area contributed by atoms with Gasteiger partial charge >= 0.3 is 0 Å². The van der Waals surface area contributed by atoms with Crippen LogP contribution in [-0.2, 0) is 39.9 Å². The molecule has 0 aliphatic carbocycles. The predicted octanol–water partition coefficient (Wildman–Crippen LogP) is 5.04. The number of anilines is 1. The number of aromatic hydroxyl groups is 1. The lowest BCUT2D eigenvalue weighted by Gasteiger charge is -2.14. The maximum Gasteiger partial charge on any atom is 0.296 e. The first kappa shape index (κ1) is 34.5. The topological polar surface area (TPSA) is 273 Å². The summed E-state index contributed by atoms with van der Waals surface area (Å²) in [5, 5.41) is 25.5. The lowest BCUT2D eigenvalue weighted by atomic mass is 10.1. The van der Waals surface area contributed by atoms with E-state index < -0.39 is 83.3 Å². The van der Waals surface area contributed by atoms with Crippen LogP contribution in [0, 0.1) is 0 Å². The Kier molecular flexibility index (Phi) is 9.35. The minimum atomic E-state index is -5.18. The Bertz CT molecular complexity index is 2230. The number of hydrogen-bond donors (Lipinski definition) is 4. The Hall–Kier alpha value is -4.34. The van der Waals surface area contributed by atoms with Gasteiger partial charge in [0.25, 0.3) is 20.2 Å². The third-order valence-corrected chi connectivity index (χ3v) is 11.7. The lowest BCUT2D eigenvalue weighted by Crippen LogP contribution is -2.04. The van der Waals surface area contributed by atoms with Gasteiger partial charge in [0.15, 0.2) is 25.4 Å². The molecule has 0 aromatic heterocycles. The highest BCUT2D eigenvalue weighted by molar-refractivity contribution is 7.91. The van der Waals surface area contributed by atoms with E-state index in [1.54, 1.807) is 0 Å². The summed E-state index contributed by atoms with van der Waals surface area (Å²) >= 11 is 0. The highest BCUT2D eigenvalue weighted by atomic mass is 32.2. The Morgan fingerprint density at radius 1 is 0.630 bits per heavy atom. The van der Waals surface area contributed by atoms with Gasteiger partial charge in [-0.1, -0.05) is 26.0 Å². The maximum absolute atomic E-state index is 12.3. The molecule has 46 heavy (non-hydrogen) atoms. The van der Waals surface area contributed by atoms with Crippen molar-refractivity contribution in [1.29, 1.82) is 0 Å². The molecule has 0 bridgehead atoms. The molecular formula is C26H25N5O11S4. The molecule has 244 valence electrons. The van der Waals surface area contributed by atoms with Crippen LogP contribution in [0.4, 0.5) is 28.4 Å². The Morgan fingerprint density at radius 3 is 1.46 bits per heavy atom. The van der Waals surface area contributed by atoms with E-state index in [2.05, 4.69) is 20.5 Å². The number of phenols is 1. The molecule has 4 aromatic carbocycles. The largest absolute Gasteiger partial charge is 0.505 e. The van der Waals surface area contributed by atoms with Crippen LogP contribution in [0.5, 0.6) is 5.75 Å². The summed E-state index contributed by atoms with van der Waals surface area (Å²) in [7, 11) is -17.6. The van der Waals surface area contributed by atoms with E-state index in [1.165, 1.54) is 50.2 Å². The molecule has 0 fully saturated rings. The molecule has 0 unspecified atom stereocenters. The number of phenolic OH excluding ortho intramolecular Hbond substituents is 1. The first-order chi connectivity index (χ1) is 21.3. The van der Waals surface area contributed by atoms with Crippen LogP contribution in [0.1, 0.15) is 13.8 Å². The van der Waals surface area contributed by atoms with Gasteiger partial charge in [-0.05, 0) is 53.9 Å². The van der Waals surface area contributed by atoms with Gasteiger partial charge in [0, 0.05) is 0 Å². The van der Waals surface area contributed by atoms with Crippen LogP contribution in [-0.4, -0.2) is 59.4 Å². The van der Waals surface area contributed by atoms with Crippen molar-refractivity contribution in [3.8, 4) is 5.75 Å². The van der Waals surface area contributed by atoms with Crippen LogP contribution in [0.2, 0.25) is 0 Å². The van der Waals surface area contributed by atoms with Crippen molar-refractivity contribution in [3.05, 3.63) is 60.7 Å². The van der Waals surface area contributed by atoms with E-state index in [0.717, 1.165) is 12.1 Å². The maximum atomic E-state index is 12.3. The van der Waals surface area contributed by atoms with Gasteiger partial charge in [-0.15, -0.1) is 10.2 Å². The van der Waals surface area contributed by atoms with Gasteiger partial charge in [0.05, 0.1) is 43.7 Å². The summed E-state index contributed by atoms with van der Waals surface area (Å²) in [6.07, 6.45) is 0. The summed E-state index contributed by atoms with van der Waals surface area (Å²) < 4.78 is 118. The van der Waals surface area contributed by atoms with Crippen LogP contribution in [0.3, 0.4) is 0 Å². The van der Waals surface area contributed by atoms with E-state index in [9.17, 15) is 47.9 Å². The predicted molar refractivity (Wildman–Crippen MR) is 166 cm³/mol. The van der Waals surface area contributed by atoms with E-state index in [4.69, 9.17) is 5.73 Å². The lowest BCUT2D eigenvalue weighted by molar-refractivity contribution is 0.472. The fraction of sp³-hybridized carbons (Fsp3) is 0.154. The molecule has 0 aliphatic heterocycles. The number of hydrogen-bond acceptors (Lipinski definition) is 14. The Balaban J connectivity index is 1.98. The number of rotatable bonds is 10. The van der Waals surface area contributed by atoms with Crippen LogP contribution < -0.4 is 5.73 Å². The second-order valence-electron chi connectivity index (χ2n) is 9.46. The smallest absolute Gasteiger partial charge is 0.296 e. The van der Waals surface area contributed by atoms with Crippen molar-refractivity contribution < 1.29 is 47.9 Å². The molecule has 4 rings (SSSR count). The zero-order chi connectivity index (χ0) is 34.2. The minimum Gasteiger partial charge on any atom is -0.505 e. The van der Waals surface area contributed by atoms with Gasteiger partial charge < -0.3 is 10.8 Å². The summed E-state index contributed by atoms with van der Waals surface area (Å²) in [5.74, 6) is -1.45. The van der Waals surface area contributed by atoms with Crippen molar-refractivity contribution >= 4 is 79.1 Å². The number of azo groups is 2. The molecule has 0 atom stereocenters. The third-order valence-electron chi connectivity index (χ3n) is 6.51. The van der Waals surface area contributed by atoms with Crippen molar-refractivity contribution in [3.63, 3.8) is 0 Å². The zero-order valence-corrected chi connectivity index (χ0v) is 27.1. The van der Waals surface area contributed by atoms with Gasteiger partial charge in [0.2, 0.25) is 0 Å². The average molecular weight is 712 g/mol. The molecule has 0 saturated heterocycles. The van der Waals surface area contributed by atoms with Crippen molar-refractivity contribution in [2.75, 3.05) is 17.2 Å². The van der Waals surface area contributed by atoms with E-state index in [-0.39, 0.29) is 32.7 Å². The second kappa shape index (κ2) is 12.5. The summed E-state index contributed by atoms with van der Waals surface area (Å²) in [6, 6.07) is 11.7. The second-order valence-corrected chi connectivity index (χ2v) is 16.8. The Morgan fingerprint density at radius 2 is 1.04 bits per heavy atom. The van der Waals surface area contributed by atoms with Crippen LogP contribution in [0.25, 0.3) is 10.8 Å². The molecule has 0 radical (unpaired) electrons. The molecular weight excluding hydrogens is 687 g/mol. The molecule has 0 saturated carbocycles. The molecule has 16 nitrogen and oxygen atoms in total. The summed E-state index contributed by atoms with van der Waals surface area (Å²) in [6.45, 7) is 2.86. The first-order valence-corrected chi connectivity index (χ1v) is 19.0. The van der Waals surface area contributed by atoms with Crippen LogP contribution in [0.15, 0.2) is 101 Å². The minimum absolute atomic E-state index is 0.0527. The quantitative estimate of drug-likeness (QED) is 0.0957. The van der Waals surface area contributed by atoms with Gasteiger partial charge in [-0.25, -0.2) is 16.8 Å². The molecule has 0 spiro atoms.